The van der Waals surface area contributed by atoms with Crippen molar-refractivity contribution in [1.29, 1.82) is 0 Å². The van der Waals surface area contributed by atoms with E-state index in [1.807, 2.05) is 31.2 Å². The van der Waals surface area contributed by atoms with Gasteiger partial charge in [0.2, 0.25) is 5.91 Å². The van der Waals surface area contributed by atoms with Gasteiger partial charge in [-0.3, -0.25) is 14.6 Å². The number of pyridine rings is 1. The maximum atomic E-state index is 13.0. The maximum Gasteiger partial charge on any atom is 0.475 e. The molecular formula is C25H28BN3O5. The van der Waals surface area contributed by atoms with E-state index in [4.69, 9.17) is 4.74 Å². The minimum atomic E-state index is -1.75. The number of rotatable bonds is 10. The summed E-state index contributed by atoms with van der Waals surface area (Å²) in [5, 5.41) is 25.3. The molecule has 2 aromatic carbocycles. The molecule has 34 heavy (non-hydrogen) atoms. The second-order valence-corrected chi connectivity index (χ2v) is 7.97. The summed E-state index contributed by atoms with van der Waals surface area (Å²) in [5.74, 6) is -1.14. The summed E-state index contributed by atoms with van der Waals surface area (Å²) < 4.78 is 5.28. The van der Waals surface area contributed by atoms with E-state index in [9.17, 15) is 19.6 Å². The Morgan fingerprint density at radius 1 is 1.06 bits per heavy atom. The predicted molar refractivity (Wildman–Crippen MR) is 129 cm³/mol. The van der Waals surface area contributed by atoms with E-state index in [2.05, 4.69) is 15.6 Å². The van der Waals surface area contributed by atoms with E-state index < -0.39 is 25.0 Å². The van der Waals surface area contributed by atoms with Crippen molar-refractivity contribution < 1.29 is 24.4 Å². The molecule has 1 heterocycles. The SMILES string of the molecule is COc1cccc(C(CC(=O)N[C@@H](Cc2ccccc2C)B(O)O)NC(=O)c2cccnc2)c1. The Morgan fingerprint density at radius 2 is 1.85 bits per heavy atom. The number of carbonyl (C=O) groups is 2. The van der Waals surface area contributed by atoms with Crippen LogP contribution < -0.4 is 15.4 Å². The normalized spacial score (nSPS) is 12.4. The second-order valence-electron chi connectivity index (χ2n) is 7.97. The molecule has 4 N–H and O–H groups in total. The molecule has 1 unspecified atom stereocenters. The first-order chi connectivity index (χ1) is 16.4. The lowest BCUT2D eigenvalue weighted by atomic mass is 9.75. The van der Waals surface area contributed by atoms with Crippen LogP contribution in [0.4, 0.5) is 0 Å². The molecule has 176 valence electrons. The molecule has 0 fully saturated rings. The van der Waals surface area contributed by atoms with Crippen LogP contribution in [-0.4, -0.2) is 47.0 Å². The molecule has 1 aromatic heterocycles. The first-order valence-electron chi connectivity index (χ1n) is 10.9. The Morgan fingerprint density at radius 3 is 2.53 bits per heavy atom. The average molecular weight is 461 g/mol. The van der Waals surface area contributed by atoms with E-state index >= 15 is 0 Å². The molecule has 2 amide bonds. The van der Waals surface area contributed by atoms with Gasteiger partial charge < -0.3 is 25.4 Å². The summed E-state index contributed by atoms with van der Waals surface area (Å²) in [6.07, 6.45) is 3.15. The molecule has 0 saturated carbocycles. The molecule has 0 bridgehead atoms. The number of amides is 2. The van der Waals surface area contributed by atoms with Crippen LogP contribution in [0.5, 0.6) is 5.75 Å². The summed E-state index contributed by atoms with van der Waals surface area (Å²) in [5.41, 5.74) is 2.92. The smallest absolute Gasteiger partial charge is 0.475 e. The van der Waals surface area contributed by atoms with Crippen LogP contribution >= 0.6 is 0 Å². The summed E-state index contributed by atoms with van der Waals surface area (Å²) in [6, 6.07) is 17.2. The molecule has 3 aromatic rings. The third-order valence-corrected chi connectivity index (χ3v) is 5.52. The molecule has 2 atom stereocenters. The lowest BCUT2D eigenvalue weighted by molar-refractivity contribution is -0.122. The van der Waals surface area contributed by atoms with Gasteiger partial charge in [0, 0.05) is 12.4 Å². The van der Waals surface area contributed by atoms with Crippen molar-refractivity contribution in [2.75, 3.05) is 7.11 Å². The van der Waals surface area contributed by atoms with Crippen molar-refractivity contribution in [2.45, 2.75) is 31.7 Å². The third-order valence-electron chi connectivity index (χ3n) is 5.52. The van der Waals surface area contributed by atoms with Crippen LogP contribution in [-0.2, 0) is 11.2 Å². The van der Waals surface area contributed by atoms with Gasteiger partial charge in [-0.1, -0.05) is 36.4 Å². The summed E-state index contributed by atoms with van der Waals surface area (Å²) in [6.45, 7) is 1.92. The minimum absolute atomic E-state index is 0.115. The molecule has 0 radical (unpaired) electrons. The molecule has 0 spiro atoms. The highest BCUT2D eigenvalue weighted by Gasteiger charge is 2.28. The fourth-order valence-corrected chi connectivity index (χ4v) is 3.61. The lowest BCUT2D eigenvalue weighted by Crippen LogP contribution is -2.48. The highest BCUT2D eigenvalue weighted by atomic mass is 16.5. The largest absolute Gasteiger partial charge is 0.497 e. The van der Waals surface area contributed by atoms with Crippen molar-refractivity contribution in [3.63, 3.8) is 0 Å². The highest BCUT2D eigenvalue weighted by Crippen LogP contribution is 2.22. The Hall–Kier alpha value is -3.69. The van der Waals surface area contributed by atoms with Crippen molar-refractivity contribution in [3.05, 3.63) is 95.3 Å². The van der Waals surface area contributed by atoms with Gasteiger partial charge in [-0.2, -0.15) is 0 Å². The number of nitrogens with zero attached hydrogens (tertiary/aromatic N) is 1. The minimum Gasteiger partial charge on any atom is -0.497 e. The number of methoxy groups -OCH3 is 1. The molecule has 0 aliphatic carbocycles. The van der Waals surface area contributed by atoms with Gasteiger partial charge in [-0.15, -0.1) is 0 Å². The Kier molecular flexibility index (Phi) is 8.78. The van der Waals surface area contributed by atoms with Crippen LogP contribution in [0.15, 0.2) is 73.1 Å². The highest BCUT2D eigenvalue weighted by molar-refractivity contribution is 6.43. The molecule has 0 aliphatic rings. The van der Waals surface area contributed by atoms with Gasteiger partial charge in [0.05, 0.1) is 31.1 Å². The van der Waals surface area contributed by atoms with E-state index in [1.165, 1.54) is 13.3 Å². The van der Waals surface area contributed by atoms with Crippen molar-refractivity contribution in [2.24, 2.45) is 0 Å². The Labute approximate surface area is 199 Å². The van der Waals surface area contributed by atoms with Crippen molar-refractivity contribution >= 4 is 18.9 Å². The van der Waals surface area contributed by atoms with Crippen LogP contribution in [0.3, 0.4) is 0 Å². The molecule has 0 saturated heterocycles. The molecule has 0 aliphatic heterocycles. The monoisotopic (exact) mass is 461 g/mol. The Bertz CT molecular complexity index is 1110. The quantitative estimate of drug-likeness (QED) is 0.343. The van der Waals surface area contributed by atoms with E-state index in [0.717, 1.165) is 11.1 Å². The van der Waals surface area contributed by atoms with Crippen molar-refractivity contribution in [1.82, 2.24) is 15.6 Å². The number of benzene rings is 2. The van der Waals surface area contributed by atoms with Gasteiger partial charge >= 0.3 is 7.12 Å². The van der Waals surface area contributed by atoms with Crippen molar-refractivity contribution in [3.8, 4) is 5.75 Å². The zero-order chi connectivity index (χ0) is 24.5. The number of hydrogen-bond acceptors (Lipinski definition) is 6. The molecular weight excluding hydrogens is 433 g/mol. The molecule has 9 heteroatoms. The number of hydrogen-bond donors (Lipinski definition) is 4. The zero-order valence-corrected chi connectivity index (χ0v) is 19.1. The molecule has 3 rings (SSSR count). The van der Waals surface area contributed by atoms with E-state index in [0.29, 0.717) is 16.9 Å². The van der Waals surface area contributed by atoms with Gasteiger partial charge in [-0.25, -0.2) is 0 Å². The van der Waals surface area contributed by atoms with E-state index in [-0.39, 0.29) is 18.7 Å². The number of carbonyl (C=O) groups excluding carboxylic acids is 2. The summed E-state index contributed by atoms with van der Waals surface area (Å²) in [7, 11) is -0.211. The van der Waals surface area contributed by atoms with Crippen LogP contribution in [0.2, 0.25) is 0 Å². The first kappa shape index (κ1) is 24.9. The fraction of sp³-hybridized carbons (Fsp3) is 0.240. The van der Waals surface area contributed by atoms with Gasteiger partial charge in [0.15, 0.2) is 0 Å². The van der Waals surface area contributed by atoms with Gasteiger partial charge in [0.1, 0.15) is 5.75 Å². The van der Waals surface area contributed by atoms with Gasteiger partial charge in [-0.05, 0) is 54.3 Å². The number of aromatic nitrogens is 1. The molecule has 8 nitrogen and oxygen atoms in total. The van der Waals surface area contributed by atoms with Gasteiger partial charge in [0.25, 0.3) is 5.91 Å². The third kappa shape index (κ3) is 6.90. The predicted octanol–water partition coefficient (Wildman–Crippen LogP) is 2.00. The Balaban J connectivity index is 1.77. The standard InChI is InChI=1S/C25H28BN3O5/c1-17-7-3-4-8-18(17)14-23(26(32)33)29-24(30)15-22(19-9-5-11-21(13-19)34-2)28-25(31)20-10-6-12-27-16-20/h3-13,16,22-23,32-33H,14-15H2,1-2H3,(H,28,31)(H,29,30)/t22?,23-/m0/s1. The average Bonchev–Trinajstić information content (AvgIpc) is 2.85. The fourth-order valence-electron chi connectivity index (χ4n) is 3.61. The summed E-state index contributed by atoms with van der Waals surface area (Å²) >= 11 is 0. The summed E-state index contributed by atoms with van der Waals surface area (Å²) in [4.78, 5) is 29.7. The van der Waals surface area contributed by atoms with Crippen LogP contribution in [0.1, 0.15) is 39.5 Å². The number of aryl methyl sites for hydroxylation is 1. The number of ether oxygens (including phenoxy) is 1. The zero-order valence-electron chi connectivity index (χ0n) is 19.1. The first-order valence-corrected chi connectivity index (χ1v) is 10.9. The van der Waals surface area contributed by atoms with E-state index in [1.54, 1.807) is 42.6 Å². The number of nitrogens with one attached hydrogen (secondary N) is 2. The second kappa shape index (κ2) is 12.0. The van der Waals surface area contributed by atoms with Crippen LogP contribution in [0.25, 0.3) is 0 Å². The maximum absolute atomic E-state index is 13.0. The van der Waals surface area contributed by atoms with Crippen LogP contribution in [0, 0.1) is 6.92 Å². The lowest BCUT2D eigenvalue weighted by Gasteiger charge is -2.23. The topological polar surface area (TPSA) is 121 Å².